The molecule has 7 rings (SSSR count). The van der Waals surface area contributed by atoms with E-state index in [2.05, 4.69) is 38.3 Å². The summed E-state index contributed by atoms with van der Waals surface area (Å²) in [5.41, 5.74) is 2.72. The van der Waals surface area contributed by atoms with Crippen LogP contribution < -0.4 is 0 Å². The van der Waals surface area contributed by atoms with E-state index in [1.165, 1.54) is 15.6 Å². The molecule has 4 heterocycles. The Bertz CT molecular complexity index is 1890. The second-order valence-electron chi connectivity index (χ2n) is 12.4. The molecule has 5 aromatic rings. The third-order valence-corrected chi connectivity index (χ3v) is 13.0. The first-order valence-corrected chi connectivity index (χ1v) is 18.3. The van der Waals surface area contributed by atoms with Gasteiger partial charge >= 0.3 is 0 Å². The van der Waals surface area contributed by atoms with Crippen LogP contribution in [0.2, 0.25) is 5.02 Å². The van der Waals surface area contributed by atoms with Crippen molar-refractivity contribution in [2.75, 3.05) is 33.2 Å². The zero-order valence-corrected chi connectivity index (χ0v) is 28.0. The number of rotatable bonds is 11. The maximum absolute atomic E-state index is 13.8. The van der Waals surface area contributed by atoms with Gasteiger partial charge in [-0.1, -0.05) is 60.1 Å². The molecule has 46 heavy (non-hydrogen) atoms. The Kier molecular flexibility index (Phi) is 8.82. The molecule has 0 radical (unpaired) electrons. The van der Waals surface area contributed by atoms with Crippen LogP contribution in [0.5, 0.6) is 0 Å². The zero-order valence-electron chi connectivity index (χ0n) is 25.6. The van der Waals surface area contributed by atoms with Gasteiger partial charge < -0.3 is 9.32 Å². The first-order chi connectivity index (χ1) is 22.3. The summed E-state index contributed by atoms with van der Waals surface area (Å²) in [6, 6.07) is 27.3. The number of hydrogen-bond acceptors (Lipinski definition) is 8. The van der Waals surface area contributed by atoms with Crippen molar-refractivity contribution in [2.24, 2.45) is 5.92 Å². The van der Waals surface area contributed by atoms with Crippen molar-refractivity contribution in [3.05, 3.63) is 119 Å². The largest absolute Gasteiger partial charge is 0.425 e. The van der Waals surface area contributed by atoms with Gasteiger partial charge in [0, 0.05) is 42.7 Å². The van der Waals surface area contributed by atoms with Gasteiger partial charge in [0.15, 0.2) is 0 Å². The van der Waals surface area contributed by atoms with Crippen molar-refractivity contribution >= 4 is 33.0 Å². The van der Waals surface area contributed by atoms with Crippen LogP contribution in [0.4, 0.5) is 0 Å². The summed E-state index contributed by atoms with van der Waals surface area (Å²) in [5.74, 6) is 1.95. The quantitative estimate of drug-likeness (QED) is 0.151. The highest BCUT2D eigenvalue weighted by Crippen LogP contribution is 2.56. The van der Waals surface area contributed by atoms with E-state index in [-0.39, 0.29) is 11.3 Å². The lowest BCUT2D eigenvalue weighted by atomic mass is 9.92. The van der Waals surface area contributed by atoms with Crippen LogP contribution in [-0.4, -0.2) is 66.0 Å². The molecule has 0 N–H and O–H groups in total. The Morgan fingerprint density at radius 1 is 1.00 bits per heavy atom. The first-order valence-electron chi connectivity index (χ1n) is 15.6. The van der Waals surface area contributed by atoms with Crippen molar-refractivity contribution in [1.82, 2.24) is 24.4 Å². The number of benzene rings is 2. The zero-order chi connectivity index (χ0) is 31.7. The molecule has 2 aromatic carbocycles. The number of sulfonamides is 1. The van der Waals surface area contributed by atoms with Gasteiger partial charge in [0.25, 0.3) is 10.0 Å². The van der Waals surface area contributed by atoms with Gasteiger partial charge in [-0.2, -0.15) is 4.31 Å². The number of likely N-dealkylation sites (N-methyl/N-ethyl adjacent to an activating group) is 1. The molecule has 238 valence electrons. The predicted octanol–water partition coefficient (Wildman–Crippen LogP) is 6.90. The molecular formula is C35H36ClN5O3S2. The van der Waals surface area contributed by atoms with Gasteiger partial charge in [-0.3, -0.25) is 4.98 Å². The monoisotopic (exact) mass is 673 g/mol. The number of halogens is 1. The van der Waals surface area contributed by atoms with Gasteiger partial charge in [-0.05, 0) is 85.8 Å². The van der Waals surface area contributed by atoms with E-state index in [0.717, 1.165) is 66.5 Å². The summed E-state index contributed by atoms with van der Waals surface area (Å²) in [6.07, 6.45) is 5.17. The molecule has 0 spiro atoms. The molecule has 1 aliphatic carbocycles. The van der Waals surface area contributed by atoms with Crippen molar-refractivity contribution in [2.45, 2.75) is 41.2 Å². The van der Waals surface area contributed by atoms with Crippen LogP contribution in [-0.2, 0) is 21.9 Å². The number of thiophene rings is 1. The number of hydrogen-bond donors (Lipinski definition) is 0. The molecule has 2 aliphatic rings. The summed E-state index contributed by atoms with van der Waals surface area (Å²) in [5, 5.41) is 9.37. The second kappa shape index (κ2) is 13.0. The first kappa shape index (κ1) is 31.2. The van der Waals surface area contributed by atoms with E-state index in [1.54, 1.807) is 19.3 Å². The minimum atomic E-state index is -3.70. The van der Waals surface area contributed by atoms with Crippen molar-refractivity contribution in [3.63, 3.8) is 0 Å². The van der Waals surface area contributed by atoms with Crippen molar-refractivity contribution < 1.29 is 12.8 Å². The van der Waals surface area contributed by atoms with Crippen LogP contribution >= 0.6 is 22.9 Å². The standard InChI is InChI=1S/C35H36ClN5O3S2/c1-40(46(42,43)33-14-13-31(45-33)30-12-5-6-17-37-30)24-35(27-10-7-11-29(36)21-27)22-28(35)23-41-18-15-26(16-19-41)34-39-38-32(44-34)20-25-8-3-2-4-9-25/h2-14,17,21,26,28H,15-16,18-20,22-24H2,1H3/t28-,35+/m0/s1. The maximum Gasteiger partial charge on any atom is 0.252 e. The smallest absolute Gasteiger partial charge is 0.252 e. The van der Waals surface area contributed by atoms with Gasteiger partial charge in [0.1, 0.15) is 4.21 Å². The van der Waals surface area contributed by atoms with Crippen LogP contribution in [0.1, 0.15) is 48.1 Å². The van der Waals surface area contributed by atoms with Crippen molar-refractivity contribution in [3.8, 4) is 10.6 Å². The highest BCUT2D eigenvalue weighted by Gasteiger charge is 2.57. The highest BCUT2D eigenvalue weighted by atomic mass is 35.5. The molecule has 3 aromatic heterocycles. The van der Waals surface area contributed by atoms with E-state index in [0.29, 0.717) is 34.0 Å². The van der Waals surface area contributed by atoms with E-state index in [4.69, 9.17) is 16.0 Å². The third-order valence-electron chi connectivity index (χ3n) is 9.40. The van der Waals surface area contributed by atoms with Gasteiger partial charge in [-0.25, -0.2) is 8.42 Å². The Morgan fingerprint density at radius 2 is 1.80 bits per heavy atom. The van der Waals surface area contributed by atoms with E-state index >= 15 is 0 Å². The summed E-state index contributed by atoms with van der Waals surface area (Å²) in [6.45, 7) is 3.16. The van der Waals surface area contributed by atoms with Crippen LogP contribution in [0.15, 0.2) is 99.8 Å². The molecule has 0 unspecified atom stereocenters. The Labute approximate surface area is 279 Å². The van der Waals surface area contributed by atoms with Crippen molar-refractivity contribution in [1.29, 1.82) is 0 Å². The maximum atomic E-state index is 13.8. The average Bonchev–Trinajstić information content (AvgIpc) is 3.40. The van der Waals surface area contributed by atoms with Crippen LogP contribution in [0.25, 0.3) is 10.6 Å². The number of nitrogens with zero attached hydrogens (tertiary/aromatic N) is 5. The third kappa shape index (κ3) is 6.55. The van der Waals surface area contributed by atoms with Crippen LogP contribution in [0, 0.1) is 5.92 Å². The summed E-state index contributed by atoms with van der Waals surface area (Å²) < 4.78 is 35.5. The molecule has 2 atom stereocenters. The molecule has 2 fully saturated rings. The summed E-state index contributed by atoms with van der Waals surface area (Å²) in [7, 11) is -2.00. The average molecular weight is 674 g/mol. The number of likely N-dealkylation sites (tertiary alicyclic amines) is 1. The lowest BCUT2D eigenvalue weighted by molar-refractivity contribution is 0.186. The Balaban J connectivity index is 1.01. The van der Waals surface area contributed by atoms with E-state index in [1.807, 2.05) is 60.7 Å². The van der Waals surface area contributed by atoms with E-state index < -0.39 is 10.0 Å². The van der Waals surface area contributed by atoms with Gasteiger partial charge in [0.2, 0.25) is 11.8 Å². The lowest BCUT2D eigenvalue weighted by Crippen LogP contribution is -2.39. The highest BCUT2D eigenvalue weighted by molar-refractivity contribution is 7.91. The molecule has 8 nitrogen and oxygen atoms in total. The number of aromatic nitrogens is 3. The Hall–Kier alpha value is -3.41. The van der Waals surface area contributed by atoms with E-state index in [9.17, 15) is 8.42 Å². The predicted molar refractivity (Wildman–Crippen MR) is 181 cm³/mol. The SMILES string of the molecule is CN(C[C@@]1(c2cccc(Cl)c2)C[C@H]1CN1CCC(c2nnc(Cc3ccccc3)o2)CC1)S(=O)(=O)c1ccc(-c2ccccn2)s1. The van der Waals surface area contributed by atoms with Gasteiger partial charge in [-0.15, -0.1) is 21.5 Å². The second-order valence-corrected chi connectivity index (χ2v) is 16.2. The summed E-state index contributed by atoms with van der Waals surface area (Å²) >= 11 is 7.71. The fraction of sp³-hybridized carbons (Fsp3) is 0.343. The minimum Gasteiger partial charge on any atom is -0.425 e. The molecule has 0 bridgehead atoms. The summed E-state index contributed by atoms with van der Waals surface area (Å²) in [4.78, 5) is 7.72. The molecular weight excluding hydrogens is 638 g/mol. The van der Waals surface area contributed by atoms with Crippen LogP contribution in [0.3, 0.4) is 0 Å². The number of pyridine rings is 1. The minimum absolute atomic E-state index is 0.253. The fourth-order valence-electron chi connectivity index (χ4n) is 6.75. The molecule has 0 amide bonds. The molecule has 11 heteroatoms. The van der Waals surface area contributed by atoms with Gasteiger partial charge in [0.05, 0.1) is 17.0 Å². The number of piperidine rings is 1. The topological polar surface area (TPSA) is 92.4 Å². The Morgan fingerprint density at radius 3 is 2.57 bits per heavy atom. The normalized spacial score (nSPS) is 20.7. The molecule has 1 saturated heterocycles. The lowest BCUT2D eigenvalue weighted by Gasteiger charge is -2.32. The molecule has 1 aliphatic heterocycles. The molecule has 1 saturated carbocycles. The fourth-order valence-corrected chi connectivity index (χ4v) is 9.67.